The lowest BCUT2D eigenvalue weighted by atomic mass is 10.2. The van der Waals surface area contributed by atoms with E-state index in [-0.39, 0.29) is 48.7 Å². The van der Waals surface area contributed by atoms with Crippen molar-refractivity contribution in [1.29, 1.82) is 0 Å². The van der Waals surface area contributed by atoms with E-state index in [2.05, 4.69) is 10.2 Å². The number of nitrogens with one attached hydrogen (secondary N) is 1. The molecule has 1 amide bonds. The lowest BCUT2D eigenvalue weighted by Crippen LogP contribution is -2.47. The summed E-state index contributed by atoms with van der Waals surface area (Å²) in [5.41, 5.74) is 6.38. The molecule has 1 saturated heterocycles. The van der Waals surface area contributed by atoms with Crippen LogP contribution in [-0.2, 0) is 23.1 Å². The Balaban J connectivity index is 0.00000210. The van der Waals surface area contributed by atoms with Crippen molar-refractivity contribution in [3.8, 4) is 0 Å². The van der Waals surface area contributed by atoms with Crippen LogP contribution < -0.4 is 11.1 Å². The number of carbonyl (C=O) groups is 1. The van der Waals surface area contributed by atoms with Crippen LogP contribution in [0.15, 0.2) is 45.9 Å². The summed E-state index contributed by atoms with van der Waals surface area (Å²) in [5, 5.41) is 2.74. The third-order valence-electron chi connectivity index (χ3n) is 4.61. The normalized spacial score (nSPS) is 15.2. The topological polar surface area (TPSA) is 109 Å². The van der Waals surface area contributed by atoms with Gasteiger partial charge in [0.25, 0.3) is 5.91 Å². The van der Waals surface area contributed by atoms with Crippen LogP contribution in [0.1, 0.15) is 21.7 Å². The zero-order valence-corrected chi connectivity index (χ0v) is 18.5. The van der Waals surface area contributed by atoms with E-state index >= 15 is 0 Å². The van der Waals surface area contributed by atoms with Crippen molar-refractivity contribution in [1.82, 2.24) is 14.5 Å². The molecule has 0 saturated carbocycles. The second-order valence-electron chi connectivity index (χ2n) is 6.50. The predicted molar refractivity (Wildman–Crippen MR) is 115 cm³/mol. The van der Waals surface area contributed by atoms with Gasteiger partial charge < -0.3 is 20.4 Å². The third-order valence-corrected chi connectivity index (χ3v) is 6.61. The van der Waals surface area contributed by atoms with Crippen LogP contribution in [0.4, 0.5) is 0 Å². The van der Waals surface area contributed by atoms with Gasteiger partial charge in [-0.1, -0.05) is 18.2 Å². The highest BCUT2D eigenvalue weighted by atomic mass is 35.5. The minimum absolute atomic E-state index is 0. The molecule has 11 heteroatoms. The van der Waals surface area contributed by atoms with Crippen LogP contribution in [-0.4, -0.2) is 56.8 Å². The van der Waals surface area contributed by atoms with Crippen molar-refractivity contribution in [3.63, 3.8) is 0 Å². The molecule has 1 aromatic carbocycles. The summed E-state index contributed by atoms with van der Waals surface area (Å²) in [7, 11) is -1.64. The summed E-state index contributed by atoms with van der Waals surface area (Å²) in [6.45, 7) is 2.61. The quantitative estimate of drug-likeness (QED) is 0.669. The molecule has 1 aliphatic rings. The SMILES string of the molecule is CN1CCN(S(=O)(=O)c2ccccc2CNC(=O)c2coc(CN)c2)CC1.Cl.Cl. The second-order valence-corrected chi connectivity index (χ2v) is 8.41. The number of benzene rings is 1. The van der Waals surface area contributed by atoms with Gasteiger partial charge in [-0.2, -0.15) is 4.31 Å². The lowest BCUT2D eigenvalue weighted by Gasteiger charge is -2.32. The second kappa shape index (κ2) is 11.0. The molecule has 2 heterocycles. The fraction of sp³-hybridized carbons (Fsp3) is 0.389. The van der Waals surface area contributed by atoms with Crippen molar-refractivity contribution >= 4 is 40.7 Å². The first-order chi connectivity index (χ1) is 12.9. The smallest absolute Gasteiger partial charge is 0.254 e. The predicted octanol–water partition coefficient (Wildman–Crippen LogP) is 1.45. The van der Waals surface area contributed by atoms with E-state index in [9.17, 15) is 13.2 Å². The molecule has 0 unspecified atom stereocenters. The number of rotatable bonds is 6. The van der Waals surface area contributed by atoms with Gasteiger partial charge in [0.05, 0.1) is 17.0 Å². The Bertz CT molecular complexity index is 912. The number of likely N-dealkylation sites (N-methyl/N-ethyl adjacent to an activating group) is 1. The molecule has 0 bridgehead atoms. The Labute approximate surface area is 183 Å². The van der Waals surface area contributed by atoms with Crippen molar-refractivity contribution in [2.24, 2.45) is 5.73 Å². The molecule has 0 spiro atoms. The Kier molecular flexibility index (Phi) is 9.60. The summed E-state index contributed by atoms with van der Waals surface area (Å²) < 4.78 is 32.7. The minimum Gasteiger partial charge on any atom is -0.467 e. The van der Waals surface area contributed by atoms with E-state index in [0.29, 0.717) is 43.1 Å². The highest BCUT2D eigenvalue weighted by Gasteiger charge is 2.29. The standard InChI is InChI=1S/C18H24N4O4S.2ClH/c1-21-6-8-22(9-7-21)27(24,25)17-5-3-2-4-14(17)12-20-18(23)15-10-16(11-19)26-13-15;;/h2-5,10,13H,6-9,11-12,19H2,1H3,(H,20,23);2*1H. The van der Waals surface area contributed by atoms with Gasteiger partial charge in [0.2, 0.25) is 10.0 Å². The molecule has 0 radical (unpaired) electrons. The highest BCUT2D eigenvalue weighted by molar-refractivity contribution is 7.89. The summed E-state index contributed by atoms with van der Waals surface area (Å²) in [6, 6.07) is 8.32. The number of halogens is 2. The molecule has 0 aliphatic carbocycles. The number of carbonyl (C=O) groups excluding carboxylic acids is 1. The molecule has 0 atom stereocenters. The molecule has 3 N–H and O–H groups in total. The number of nitrogens with two attached hydrogens (primary N) is 1. The van der Waals surface area contributed by atoms with E-state index in [1.807, 2.05) is 7.05 Å². The fourth-order valence-electron chi connectivity index (χ4n) is 2.95. The van der Waals surface area contributed by atoms with Gasteiger partial charge in [0.15, 0.2) is 0 Å². The van der Waals surface area contributed by atoms with Gasteiger partial charge in [-0.25, -0.2) is 8.42 Å². The summed E-state index contributed by atoms with van der Waals surface area (Å²) in [4.78, 5) is 14.6. The monoisotopic (exact) mass is 464 g/mol. The number of sulfonamides is 1. The van der Waals surface area contributed by atoms with Crippen LogP contribution in [0.5, 0.6) is 0 Å². The minimum atomic E-state index is -3.61. The average Bonchev–Trinajstić information content (AvgIpc) is 3.16. The highest BCUT2D eigenvalue weighted by Crippen LogP contribution is 2.21. The van der Waals surface area contributed by atoms with Crippen LogP contribution in [0.3, 0.4) is 0 Å². The van der Waals surface area contributed by atoms with Crippen molar-refractivity contribution in [3.05, 3.63) is 53.5 Å². The third kappa shape index (κ3) is 5.94. The van der Waals surface area contributed by atoms with Gasteiger partial charge in [-0.3, -0.25) is 4.79 Å². The first-order valence-electron chi connectivity index (χ1n) is 8.74. The molecule has 162 valence electrons. The number of amides is 1. The van der Waals surface area contributed by atoms with Crippen LogP contribution >= 0.6 is 24.8 Å². The number of hydrogen-bond donors (Lipinski definition) is 2. The first-order valence-corrected chi connectivity index (χ1v) is 10.2. The van der Waals surface area contributed by atoms with Crippen molar-refractivity contribution in [2.45, 2.75) is 18.0 Å². The van der Waals surface area contributed by atoms with E-state index < -0.39 is 10.0 Å². The molecule has 1 fully saturated rings. The van der Waals surface area contributed by atoms with Crippen molar-refractivity contribution < 1.29 is 17.6 Å². The Hall–Kier alpha value is -1.62. The Morgan fingerprint density at radius 2 is 1.83 bits per heavy atom. The summed E-state index contributed by atoms with van der Waals surface area (Å²) in [5.74, 6) is 0.170. The average molecular weight is 465 g/mol. The maximum Gasteiger partial charge on any atom is 0.254 e. The van der Waals surface area contributed by atoms with Crippen molar-refractivity contribution in [2.75, 3.05) is 33.2 Å². The van der Waals surface area contributed by atoms with E-state index in [0.717, 1.165) is 0 Å². The molecule has 2 aromatic rings. The van der Waals surface area contributed by atoms with Gasteiger partial charge in [0.1, 0.15) is 12.0 Å². The summed E-state index contributed by atoms with van der Waals surface area (Å²) >= 11 is 0. The summed E-state index contributed by atoms with van der Waals surface area (Å²) in [6.07, 6.45) is 1.34. The largest absolute Gasteiger partial charge is 0.467 e. The zero-order valence-electron chi connectivity index (χ0n) is 16.0. The maximum absolute atomic E-state index is 13.0. The van der Waals surface area contributed by atoms with Gasteiger partial charge in [-0.15, -0.1) is 24.8 Å². The molecule has 1 aliphatic heterocycles. The van der Waals surface area contributed by atoms with E-state index in [1.165, 1.54) is 10.6 Å². The van der Waals surface area contributed by atoms with E-state index in [1.54, 1.807) is 30.3 Å². The van der Waals surface area contributed by atoms with E-state index in [4.69, 9.17) is 10.2 Å². The number of nitrogens with zero attached hydrogens (tertiary/aromatic N) is 2. The Morgan fingerprint density at radius 1 is 1.17 bits per heavy atom. The van der Waals surface area contributed by atoms with Gasteiger partial charge in [0, 0.05) is 32.7 Å². The van der Waals surface area contributed by atoms with Crippen LogP contribution in [0, 0.1) is 0 Å². The number of furan rings is 1. The van der Waals surface area contributed by atoms with Gasteiger partial charge in [-0.05, 0) is 24.7 Å². The van der Waals surface area contributed by atoms with Crippen LogP contribution in [0.25, 0.3) is 0 Å². The molecule has 1 aromatic heterocycles. The van der Waals surface area contributed by atoms with Crippen LogP contribution in [0.2, 0.25) is 0 Å². The molecule has 3 rings (SSSR count). The maximum atomic E-state index is 13.0. The molecule has 8 nitrogen and oxygen atoms in total. The molecule has 29 heavy (non-hydrogen) atoms. The molecular formula is C18H26Cl2N4O4S. The fourth-order valence-corrected chi connectivity index (χ4v) is 4.60. The molecular weight excluding hydrogens is 439 g/mol. The zero-order chi connectivity index (χ0) is 19.4. The number of piperazine rings is 1. The van der Waals surface area contributed by atoms with Gasteiger partial charge >= 0.3 is 0 Å². The first kappa shape index (κ1) is 25.4. The lowest BCUT2D eigenvalue weighted by molar-refractivity contribution is 0.0950. The number of hydrogen-bond acceptors (Lipinski definition) is 6. The Morgan fingerprint density at radius 3 is 2.45 bits per heavy atom.